The molecule has 0 saturated carbocycles. The average Bonchev–Trinajstić information content (AvgIpc) is 3.11. The Labute approximate surface area is 143 Å². The molecule has 0 atom stereocenters. The Balaban J connectivity index is 1.80. The molecule has 124 valence electrons. The van der Waals surface area contributed by atoms with E-state index in [-0.39, 0.29) is 11.5 Å². The van der Waals surface area contributed by atoms with Crippen molar-refractivity contribution in [2.75, 3.05) is 0 Å². The van der Waals surface area contributed by atoms with Crippen LogP contribution in [0.2, 0.25) is 0 Å². The Hall–Kier alpha value is -3.74. The number of hydrogen-bond donors (Lipinski definition) is 1. The molecule has 3 aromatic rings. The van der Waals surface area contributed by atoms with Crippen molar-refractivity contribution in [2.45, 2.75) is 0 Å². The zero-order valence-corrected chi connectivity index (χ0v) is 13.1. The van der Waals surface area contributed by atoms with Crippen molar-refractivity contribution in [1.29, 1.82) is 0 Å². The van der Waals surface area contributed by atoms with Crippen LogP contribution in [0, 0.1) is 10.1 Å². The van der Waals surface area contributed by atoms with Crippen LogP contribution in [-0.4, -0.2) is 17.0 Å². The van der Waals surface area contributed by atoms with E-state index in [4.69, 9.17) is 10.2 Å². The fourth-order valence-electron chi connectivity index (χ4n) is 2.22. The molecule has 0 aliphatic heterocycles. The smallest absolute Gasteiger partial charge is 0.280 e. The summed E-state index contributed by atoms with van der Waals surface area (Å²) >= 11 is 0. The molecule has 7 heteroatoms. The maximum Gasteiger partial charge on any atom is 0.280 e. The summed E-state index contributed by atoms with van der Waals surface area (Å²) in [5.41, 5.74) is 6.98. The molecule has 7 nitrogen and oxygen atoms in total. The third kappa shape index (κ3) is 3.78. The maximum atomic E-state index is 11.1. The fraction of sp³-hybridized carbons (Fsp3) is 0. The minimum Gasteiger partial charge on any atom is -0.455 e. The van der Waals surface area contributed by atoms with Gasteiger partial charge in [-0.25, -0.2) is 0 Å². The third-order valence-corrected chi connectivity index (χ3v) is 3.41. The van der Waals surface area contributed by atoms with Crippen molar-refractivity contribution in [2.24, 2.45) is 15.9 Å². The van der Waals surface area contributed by atoms with Crippen molar-refractivity contribution < 1.29 is 9.34 Å². The van der Waals surface area contributed by atoms with Crippen LogP contribution < -0.4 is 5.73 Å². The standard InChI is InChI=1S/C18H14N4O3/c19-18(13-6-2-1-3-7-13)21-20-12-14-10-11-17(25-14)15-8-4-5-9-16(15)22(23)24/h1-12H,(H2,19,21). The van der Waals surface area contributed by atoms with Crippen molar-refractivity contribution >= 4 is 17.7 Å². The number of nitrogens with two attached hydrogens (primary N) is 1. The predicted molar refractivity (Wildman–Crippen MR) is 95.6 cm³/mol. The van der Waals surface area contributed by atoms with E-state index in [0.717, 1.165) is 5.56 Å². The fourth-order valence-corrected chi connectivity index (χ4v) is 2.22. The van der Waals surface area contributed by atoms with E-state index in [1.165, 1.54) is 12.3 Å². The van der Waals surface area contributed by atoms with E-state index < -0.39 is 4.92 Å². The Bertz CT molecular complexity index is 946. The molecule has 0 spiro atoms. The molecule has 3 rings (SSSR count). The Morgan fingerprint density at radius 1 is 1.04 bits per heavy atom. The van der Waals surface area contributed by atoms with Gasteiger partial charge in [0.25, 0.3) is 5.69 Å². The lowest BCUT2D eigenvalue weighted by molar-refractivity contribution is -0.384. The Morgan fingerprint density at radius 3 is 2.52 bits per heavy atom. The average molecular weight is 334 g/mol. The number of rotatable bonds is 5. The Morgan fingerprint density at radius 2 is 1.76 bits per heavy atom. The SMILES string of the molecule is NC(=NN=Cc1ccc(-c2ccccc2[N+](=O)[O-])o1)c1ccccc1. The summed E-state index contributed by atoms with van der Waals surface area (Å²) in [5, 5.41) is 18.9. The quantitative estimate of drug-likeness (QED) is 0.333. The minimum absolute atomic E-state index is 0.0216. The molecule has 1 aromatic heterocycles. The van der Waals surface area contributed by atoms with E-state index in [1.807, 2.05) is 30.3 Å². The third-order valence-electron chi connectivity index (χ3n) is 3.41. The molecule has 0 unspecified atom stereocenters. The molecular formula is C18H14N4O3. The highest BCUT2D eigenvalue weighted by Crippen LogP contribution is 2.30. The Kier molecular flexibility index (Phi) is 4.66. The van der Waals surface area contributed by atoms with E-state index in [1.54, 1.807) is 30.3 Å². The van der Waals surface area contributed by atoms with Gasteiger partial charge in [-0.2, -0.15) is 5.10 Å². The summed E-state index contributed by atoms with van der Waals surface area (Å²) < 4.78 is 5.58. The molecule has 0 aliphatic rings. The zero-order chi connectivity index (χ0) is 17.6. The predicted octanol–water partition coefficient (Wildman–Crippen LogP) is 3.59. The highest BCUT2D eigenvalue weighted by molar-refractivity contribution is 5.97. The second kappa shape index (κ2) is 7.22. The van der Waals surface area contributed by atoms with E-state index in [0.29, 0.717) is 17.1 Å². The van der Waals surface area contributed by atoms with Gasteiger partial charge in [0, 0.05) is 11.6 Å². The van der Waals surface area contributed by atoms with Gasteiger partial charge < -0.3 is 10.2 Å². The second-order valence-electron chi connectivity index (χ2n) is 5.07. The van der Waals surface area contributed by atoms with E-state index in [2.05, 4.69) is 10.2 Å². The first-order chi connectivity index (χ1) is 12.1. The normalized spacial score (nSPS) is 11.8. The summed E-state index contributed by atoms with van der Waals surface area (Å²) in [7, 11) is 0. The number of amidine groups is 1. The molecule has 0 aliphatic carbocycles. The molecular weight excluding hydrogens is 320 g/mol. The first kappa shape index (κ1) is 16.1. The van der Waals surface area contributed by atoms with Crippen molar-refractivity contribution in [1.82, 2.24) is 0 Å². The molecule has 2 aromatic carbocycles. The van der Waals surface area contributed by atoms with Crippen molar-refractivity contribution in [3.8, 4) is 11.3 Å². The van der Waals surface area contributed by atoms with Gasteiger partial charge in [-0.05, 0) is 18.2 Å². The number of benzene rings is 2. The van der Waals surface area contributed by atoms with Crippen LogP contribution in [0.4, 0.5) is 5.69 Å². The monoisotopic (exact) mass is 334 g/mol. The maximum absolute atomic E-state index is 11.1. The number of nitro groups is 1. The molecule has 2 N–H and O–H groups in total. The summed E-state index contributed by atoms with van der Waals surface area (Å²) in [5.74, 6) is 1.08. The largest absolute Gasteiger partial charge is 0.455 e. The van der Waals surface area contributed by atoms with Gasteiger partial charge in [0.15, 0.2) is 5.84 Å². The lowest BCUT2D eigenvalue weighted by atomic mass is 10.1. The van der Waals surface area contributed by atoms with Gasteiger partial charge in [0.2, 0.25) is 0 Å². The number of hydrogen-bond acceptors (Lipinski definition) is 5. The highest BCUT2D eigenvalue weighted by atomic mass is 16.6. The second-order valence-corrected chi connectivity index (χ2v) is 5.07. The van der Waals surface area contributed by atoms with Gasteiger partial charge in [0.1, 0.15) is 11.5 Å². The van der Waals surface area contributed by atoms with Gasteiger partial charge in [-0.1, -0.05) is 42.5 Å². The highest BCUT2D eigenvalue weighted by Gasteiger charge is 2.16. The topological polar surface area (TPSA) is 107 Å². The van der Waals surface area contributed by atoms with Crippen LogP contribution in [0.1, 0.15) is 11.3 Å². The number of nitrogens with zero attached hydrogens (tertiary/aromatic N) is 3. The molecule has 0 radical (unpaired) electrons. The molecule has 0 bridgehead atoms. The van der Waals surface area contributed by atoms with Crippen LogP contribution in [-0.2, 0) is 0 Å². The summed E-state index contributed by atoms with van der Waals surface area (Å²) in [6, 6.07) is 18.9. The number of para-hydroxylation sites is 1. The summed E-state index contributed by atoms with van der Waals surface area (Å²) in [4.78, 5) is 10.6. The van der Waals surface area contributed by atoms with E-state index in [9.17, 15) is 10.1 Å². The summed E-state index contributed by atoms with van der Waals surface area (Å²) in [6.07, 6.45) is 1.40. The van der Waals surface area contributed by atoms with Crippen LogP contribution in [0.25, 0.3) is 11.3 Å². The van der Waals surface area contributed by atoms with Gasteiger partial charge >= 0.3 is 0 Å². The zero-order valence-electron chi connectivity index (χ0n) is 13.1. The molecule has 25 heavy (non-hydrogen) atoms. The van der Waals surface area contributed by atoms with Crippen molar-refractivity contribution in [3.63, 3.8) is 0 Å². The number of nitro benzene ring substituents is 1. The van der Waals surface area contributed by atoms with Crippen molar-refractivity contribution in [3.05, 3.63) is 88.2 Å². The first-order valence-electron chi connectivity index (χ1n) is 7.40. The first-order valence-corrected chi connectivity index (χ1v) is 7.40. The lowest BCUT2D eigenvalue weighted by Gasteiger charge is -1.98. The van der Waals surface area contributed by atoms with E-state index >= 15 is 0 Å². The van der Waals surface area contributed by atoms with Gasteiger partial charge in [-0.3, -0.25) is 10.1 Å². The summed E-state index contributed by atoms with van der Waals surface area (Å²) in [6.45, 7) is 0. The van der Waals surface area contributed by atoms with Crippen LogP contribution in [0.5, 0.6) is 0 Å². The molecule has 1 heterocycles. The van der Waals surface area contributed by atoms with Crippen LogP contribution in [0.3, 0.4) is 0 Å². The van der Waals surface area contributed by atoms with Gasteiger partial charge in [-0.15, -0.1) is 5.10 Å². The lowest BCUT2D eigenvalue weighted by Crippen LogP contribution is -2.12. The molecule has 0 fully saturated rings. The molecule has 0 saturated heterocycles. The van der Waals surface area contributed by atoms with Crippen LogP contribution in [0.15, 0.2) is 81.4 Å². The number of furan rings is 1. The minimum atomic E-state index is -0.448. The van der Waals surface area contributed by atoms with Crippen LogP contribution >= 0.6 is 0 Å². The molecule has 0 amide bonds. The van der Waals surface area contributed by atoms with Gasteiger partial charge in [0.05, 0.1) is 16.7 Å².